The molecule has 10 heteroatoms. The van der Waals surface area contributed by atoms with Gasteiger partial charge in [-0.25, -0.2) is 9.78 Å². The highest BCUT2D eigenvalue weighted by Gasteiger charge is 2.49. The summed E-state index contributed by atoms with van der Waals surface area (Å²) in [7, 11) is -2.75. The first kappa shape index (κ1) is 48.6. The van der Waals surface area contributed by atoms with Crippen LogP contribution < -0.4 is 4.74 Å². The highest BCUT2D eigenvalue weighted by Crippen LogP contribution is 2.49. The Morgan fingerprint density at radius 2 is 1.34 bits per heavy atom. The van der Waals surface area contributed by atoms with Gasteiger partial charge in [-0.15, -0.1) is 0 Å². The van der Waals surface area contributed by atoms with E-state index in [2.05, 4.69) is 137 Å². The van der Waals surface area contributed by atoms with E-state index in [0.717, 1.165) is 33.4 Å². The Bertz CT molecular complexity index is 1830. The minimum atomic E-state index is -2.26. The molecule has 2 heterocycles. The fourth-order valence-electron chi connectivity index (χ4n) is 10.8. The Morgan fingerprint density at radius 3 is 1.83 bits per heavy atom. The maximum absolute atomic E-state index is 13.7. The number of hydrogen-bond acceptors (Lipinski definition) is 7. The topological polar surface area (TPSA) is 90.4 Å². The van der Waals surface area contributed by atoms with Crippen LogP contribution in [0.15, 0.2) is 54.7 Å². The van der Waals surface area contributed by atoms with Crippen LogP contribution in [0.25, 0.3) is 11.1 Å². The minimum absolute atomic E-state index is 0.274. The van der Waals surface area contributed by atoms with Crippen LogP contribution in [0.5, 0.6) is 5.88 Å². The zero-order chi connectivity index (χ0) is 44.2. The van der Waals surface area contributed by atoms with Crippen LogP contribution in [0.2, 0.25) is 33.2 Å². The third kappa shape index (κ3) is 10.2. The van der Waals surface area contributed by atoms with Crippen molar-refractivity contribution in [2.24, 2.45) is 0 Å². The average molecular weight is 847 g/mol. The highest BCUT2D eigenvalue weighted by molar-refractivity contribution is 6.78. The second kappa shape index (κ2) is 19.4. The highest BCUT2D eigenvalue weighted by atomic mass is 28.4. The number of amides is 1. The first-order chi connectivity index (χ1) is 27.5. The second-order valence-electron chi connectivity index (χ2n) is 20.0. The molecule has 0 unspecified atom stereocenters. The number of methoxy groups -OCH3 is 1. The van der Waals surface area contributed by atoms with Gasteiger partial charge in [0.05, 0.1) is 20.3 Å². The number of aliphatic hydroxyl groups is 1. The summed E-state index contributed by atoms with van der Waals surface area (Å²) in [6.07, 6.45) is 1.73. The average Bonchev–Trinajstić information content (AvgIpc) is 3.14. The van der Waals surface area contributed by atoms with E-state index in [9.17, 15) is 9.90 Å². The van der Waals surface area contributed by atoms with Gasteiger partial charge < -0.3 is 28.3 Å². The van der Waals surface area contributed by atoms with Gasteiger partial charge in [0.2, 0.25) is 22.5 Å². The number of benzene rings is 2. The molecule has 8 nitrogen and oxygen atoms in total. The van der Waals surface area contributed by atoms with Crippen LogP contribution in [0.1, 0.15) is 144 Å². The molecule has 328 valence electrons. The van der Waals surface area contributed by atoms with Gasteiger partial charge in [0.25, 0.3) is 0 Å². The van der Waals surface area contributed by atoms with Gasteiger partial charge in [-0.1, -0.05) is 126 Å². The molecule has 1 fully saturated rings. The normalized spacial score (nSPS) is 18.2. The molecule has 1 aliphatic heterocycles. The SMILES string of the molecule is COc1cc([C@@]2(O)CCN(C(=O)OC(C)(C)C)C[C@@H]2c2ccc(-c3ccccc3CO[Si](C(C)C)(C(C)C)C(C)C)cc2C)c(CO[Si](C(C)C)(C(C)C)C(C)C)cn1. The molecular formula is C49H78N2O6Si2. The summed E-state index contributed by atoms with van der Waals surface area (Å²) < 4.78 is 25.8. The van der Waals surface area contributed by atoms with E-state index >= 15 is 0 Å². The number of ether oxygens (including phenoxy) is 2. The van der Waals surface area contributed by atoms with Crippen LogP contribution in [0.4, 0.5) is 4.79 Å². The molecule has 1 aliphatic rings. The number of hydrogen-bond donors (Lipinski definition) is 1. The van der Waals surface area contributed by atoms with Crippen molar-refractivity contribution >= 4 is 22.7 Å². The molecule has 59 heavy (non-hydrogen) atoms. The number of pyridine rings is 1. The summed E-state index contributed by atoms with van der Waals surface area (Å²) in [6.45, 7) is 36.9. The van der Waals surface area contributed by atoms with Crippen molar-refractivity contribution in [1.29, 1.82) is 0 Å². The lowest BCUT2D eigenvalue weighted by Gasteiger charge is -2.47. The van der Waals surface area contributed by atoms with Gasteiger partial charge in [-0.2, -0.15) is 0 Å². The second-order valence-corrected chi connectivity index (χ2v) is 30.9. The number of aryl methyl sites for hydroxylation is 1. The summed E-state index contributed by atoms with van der Waals surface area (Å²) in [5.41, 5.74) is 7.62. The molecule has 1 amide bonds. The van der Waals surface area contributed by atoms with Gasteiger partial charge in [0.1, 0.15) is 11.2 Å². The Morgan fingerprint density at radius 1 is 0.814 bits per heavy atom. The third-order valence-electron chi connectivity index (χ3n) is 13.4. The molecule has 0 aliphatic carbocycles. The number of carbonyl (C=O) groups excluding carboxylic acids is 1. The van der Waals surface area contributed by atoms with Crippen LogP contribution in [0.3, 0.4) is 0 Å². The maximum atomic E-state index is 13.7. The molecule has 0 saturated carbocycles. The summed E-state index contributed by atoms with van der Waals surface area (Å²) in [5.74, 6) is -0.0600. The molecule has 1 N–H and O–H groups in total. The summed E-state index contributed by atoms with van der Waals surface area (Å²) in [4.78, 5) is 20.1. The van der Waals surface area contributed by atoms with Crippen molar-refractivity contribution in [1.82, 2.24) is 9.88 Å². The number of likely N-dealkylation sites (tertiary alicyclic amines) is 1. The predicted octanol–water partition coefficient (Wildman–Crippen LogP) is 13.1. The predicted molar refractivity (Wildman–Crippen MR) is 248 cm³/mol. The van der Waals surface area contributed by atoms with E-state index in [4.69, 9.17) is 18.3 Å². The lowest BCUT2D eigenvalue weighted by molar-refractivity contribution is -0.0540. The Kier molecular flexibility index (Phi) is 16.0. The van der Waals surface area contributed by atoms with E-state index in [1.54, 1.807) is 12.0 Å². The number of carbonyl (C=O) groups is 1. The van der Waals surface area contributed by atoms with E-state index in [1.165, 1.54) is 5.56 Å². The maximum Gasteiger partial charge on any atom is 0.410 e. The summed E-state index contributed by atoms with van der Waals surface area (Å²) in [6, 6.07) is 17.0. The van der Waals surface area contributed by atoms with Crippen molar-refractivity contribution < 1.29 is 28.2 Å². The molecule has 0 bridgehead atoms. The van der Waals surface area contributed by atoms with Crippen molar-refractivity contribution in [3.63, 3.8) is 0 Å². The monoisotopic (exact) mass is 847 g/mol. The zero-order valence-corrected chi connectivity index (χ0v) is 41.7. The summed E-state index contributed by atoms with van der Waals surface area (Å²) >= 11 is 0. The lowest BCUT2D eigenvalue weighted by Crippen LogP contribution is -2.52. The van der Waals surface area contributed by atoms with Crippen molar-refractivity contribution in [3.8, 4) is 17.0 Å². The minimum Gasteiger partial charge on any atom is -0.481 e. The number of rotatable bonds is 16. The van der Waals surface area contributed by atoms with Gasteiger partial charge in [0, 0.05) is 36.8 Å². The van der Waals surface area contributed by atoms with Crippen molar-refractivity contribution in [3.05, 3.63) is 82.5 Å². The van der Waals surface area contributed by atoms with Gasteiger partial charge in [0.15, 0.2) is 0 Å². The molecule has 1 saturated heterocycles. The van der Waals surface area contributed by atoms with E-state index < -0.39 is 33.8 Å². The Hall–Kier alpha value is -3.03. The Balaban J connectivity index is 1.84. The molecule has 2 aromatic carbocycles. The molecule has 4 rings (SSSR count). The van der Waals surface area contributed by atoms with E-state index in [1.807, 2.05) is 33.0 Å². The number of nitrogens with zero attached hydrogens (tertiary/aromatic N) is 2. The molecule has 2 atom stereocenters. The van der Waals surface area contributed by atoms with Crippen LogP contribution >= 0.6 is 0 Å². The molecule has 3 aromatic rings. The largest absolute Gasteiger partial charge is 0.481 e. The van der Waals surface area contributed by atoms with Gasteiger partial charge in [-0.05, 0) is 101 Å². The number of aromatic nitrogens is 1. The van der Waals surface area contributed by atoms with Gasteiger partial charge in [-0.3, -0.25) is 0 Å². The summed E-state index contributed by atoms with van der Waals surface area (Å²) in [5, 5.41) is 13.4. The zero-order valence-electron chi connectivity index (χ0n) is 39.7. The molecule has 0 spiro atoms. The Labute approximate surface area is 360 Å². The standard InChI is InChI=1S/C49H78N2O6Si2/c1-32(2)58(33(3)4,34(5)6)55-30-40-20-18-19-21-43(40)39-22-23-42(38(13)26-39)45-29-51(47(52)57-48(14,15)16)25-24-49(45,53)44-27-46(54-17)50-28-41(44)31-56-59(35(7)8,36(9)10)37(11)12/h18-23,26-28,32-37,45,53H,24-25,29-31H2,1-17H3/t45-,49+/m1/s1. The smallest absolute Gasteiger partial charge is 0.410 e. The molecule has 0 radical (unpaired) electrons. The van der Waals surface area contributed by atoms with Crippen molar-refractivity contribution in [2.75, 3.05) is 20.2 Å². The molecule has 1 aromatic heterocycles. The van der Waals surface area contributed by atoms with Crippen LogP contribution in [-0.2, 0) is 32.4 Å². The van der Waals surface area contributed by atoms with Crippen molar-refractivity contribution in [2.45, 2.75) is 181 Å². The first-order valence-electron chi connectivity index (χ1n) is 22.2. The fraction of sp³-hybridized carbons (Fsp3) is 0.633. The lowest BCUT2D eigenvalue weighted by atomic mass is 9.70. The van der Waals surface area contributed by atoms with E-state index in [0.29, 0.717) is 65.3 Å². The van der Waals surface area contributed by atoms with E-state index in [-0.39, 0.29) is 12.6 Å². The number of piperidine rings is 1. The van der Waals surface area contributed by atoms with Crippen LogP contribution in [0, 0.1) is 6.92 Å². The first-order valence-corrected chi connectivity index (χ1v) is 26.4. The molecular weight excluding hydrogens is 769 g/mol. The fourth-order valence-corrected chi connectivity index (χ4v) is 21.6. The third-order valence-corrected chi connectivity index (χ3v) is 25.5. The van der Waals surface area contributed by atoms with Gasteiger partial charge >= 0.3 is 6.09 Å². The quantitative estimate of drug-likeness (QED) is 0.144. The van der Waals surface area contributed by atoms with Crippen LogP contribution in [-0.4, -0.2) is 63.5 Å².